The van der Waals surface area contributed by atoms with E-state index in [9.17, 15) is 128 Å². The number of carbonyl (C=O) groups excluding carboxylic acids is 2. The van der Waals surface area contributed by atoms with Crippen LogP contribution in [0.25, 0.3) is 0 Å². The highest BCUT2D eigenvalue weighted by Gasteiger charge is 3.00. The lowest BCUT2D eigenvalue weighted by Gasteiger charge is -2.46. The molecule has 1 aromatic carbocycles. The Kier molecular flexibility index (Phi) is 12.5. The molecule has 1 unspecified atom stereocenters. The van der Waals surface area contributed by atoms with Gasteiger partial charge in [-0.25, -0.2) is 4.79 Å². The van der Waals surface area contributed by atoms with Crippen molar-refractivity contribution in [2.75, 3.05) is 0 Å². The van der Waals surface area contributed by atoms with Crippen LogP contribution < -0.4 is 5.32 Å². The molecule has 0 heterocycles. The summed E-state index contributed by atoms with van der Waals surface area (Å²) in [6, 6.07) is -0.0858. The molecule has 0 fully saturated rings. The minimum absolute atomic E-state index is 0.0748. The first-order chi connectivity index (χ1) is 24.2. The van der Waals surface area contributed by atoms with E-state index in [2.05, 4.69) is 4.99 Å². The number of hydrogen-bond acceptors (Lipinski definition) is 3. The SMILES string of the molecule is Cc1ccc(N=C=O)c(C(=O)NC(C)CC(F)(F)C(F)(F)C(F)(F)C(F)(F)C(F)(F)C(F)(F)C(F)(F)C(F)(F)C(F)(F)C(F)(F)C(F)(F)C(F)(F)C(F)(F)F)c1. The Hall–Kier alpha value is -3.82. The lowest BCUT2D eigenvalue weighted by Crippen LogP contribution is -2.78. The summed E-state index contributed by atoms with van der Waals surface area (Å²) in [4.78, 5) is 25.8. The second-order valence-corrected chi connectivity index (χ2v) is 11.3. The zero-order valence-corrected chi connectivity index (χ0v) is 26.0. The Bertz CT molecular complexity index is 1670. The van der Waals surface area contributed by atoms with Crippen LogP contribution in [0.4, 0.5) is 124 Å². The van der Waals surface area contributed by atoms with Crippen LogP contribution in [0.5, 0.6) is 0 Å². The molecule has 0 aliphatic heterocycles. The van der Waals surface area contributed by atoms with E-state index in [1.807, 2.05) is 0 Å². The van der Waals surface area contributed by atoms with E-state index >= 15 is 0 Å². The number of isocyanates is 1. The highest BCUT2D eigenvalue weighted by molar-refractivity contribution is 5.99. The molecule has 0 bridgehead atoms. The smallest absolute Gasteiger partial charge is 0.349 e. The van der Waals surface area contributed by atoms with E-state index in [0.717, 1.165) is 24.3 Å². The Morgan fingerprint density at radius 3 is 1.16 bits per heavy atom. The third-order valence-electron chi connectivity index (χ3n) is 7.26. The van der Waals surface area contributed by atoms with Crippen molar-refractivity contribution in [2.45, 2.75) is 104 Å². The molecular weight excluding hydrogens is 873 g/mol. The molecule has 1 atom stereocenters. The number of nitrogens with one attached hydrogen (secondary N) is 1. The summed E-state index contributed by atoms with van der Waals surface area (Å²) in [6.45, 7) is 1.30. The maximum absolute atomic E-state index is 14.4. The topological polar surface area (TPSA) is 58.5 Å². The molecule has 4 nitrogen and oxygen atoms in total. The Morgan fingerprint density at radius 2 is 0.857 bits per heavy atom. The van der Waals surface area contributed by atoms with Gasteiger partial charge in [-0.1, -0.05) is 11.6 Å². The number of carbonyl (C=O) groups is 1. The Morgan fingerprint density at radius 1 is 0.554 bits per heavy atom. The van der Waals surface area contributed by atoms with Crippen molar-refractivity contribution in [3.8, 4) is 0 Å². The first-order valence-electron chi connectivity index (χ1n) is 13.3. The summed E-state index contributed by atoms with van der Waals surface area (Å²) in [5, 5.41) is 1.27. The van der Waals surface area contributed by atoms with Gasteiger partial charge >= 0.3 is 77.2 Å². The summed E-state index contributed by atoms with van der Waals surface area (Å²) in [6.07, 6.45) is -10.6. The van der Waals surface area contributed by atoms with Gasteiger partial charge in [0, 0.05) is 12.5 Å². The number of halogens is 27. The van der Waals surface area contributed by atoms with Gasteiger partial charge in [-0.2, -0.15) is 124 Å². The number of aryl methyl sites for hydroxylation is 1. The van der Waals surface area contributed by atoms with Gasteiger partial charge in [0.05, 0.1) is 11.3 Å². The highest BCUT2D eigenvalue weighted by Crippen LogP contribution is 2.68. The fourth-order valence-electron chi connectivity index (χ4n) is 4.03. The fraction of sp³-hybridized carbons (Fsp3) is 0.680. The van der Waals surface area contributed by atoms with Crippen LogP contribution in [-0.4, -0.2) is 95.3 Å². The van der Waals surface area contributed by atoms with E-state index < -0.39 is 107 Å². The van der Waals surface area contributed by atoms with Crippen LogP contribution in [0.2, 0.25) is 0 Å². The predicted octanol–water partition coefficient (Wildman–Crippen LogP) is 10.7. The third-order valence-corrected chi connectivity index (χ3v) is 7.26. The molecule has 1 aromatic rings. The van der Waals surface area contributed by atoms with E-state index in [0.29, 0.717) is 0 Å². The van der Waals surface area contributed by atoms with Gasteiger partial charge < -0.3 is 5.32 Å². The molecule has 324 valence electrons. The average molecular weight is 886 g/mol. The predicted molar refractivity (Wildman–Crippen MR) is 126 cm³/mol. The number of rotatable bonds is 16. The molecule has 0 radical (unpaired) electrons. The van der Waals surface area contributed by atoms with Gasteiger partial charge in [-0.15, -0.1) is 0 Å². The molecule has 1 amide bonds. The Balaban J connectivity index is 3.76. The van der Waals surface area contributed by atoms with Gasteiger partial charge in [0.15, 0.2) is 0 Å². The minimum Gasteiger partial charge on any atom is -0.349 e. The van der Waals surface area contributed by atoms with Gasteiger partial charge in [0.25, 0.3) is 5.91 Å². The molecule has 0 aromatic heterocycles. The molecule has 0 aliphatic carbocycles. The maximum atomic E-state index is 14.4. The summed E-state index contributed by atoms with van der Waals surface area (Å²) >= 11 is 0. The summed E-state index contributed by atoms with van der Waals surface area (Å²) in [7, 11) is 0. The van der Waals surface area contributed by atoms with Crippen molar-refractivity contribution < 1.29 is 128 Å². The molecule has 0 spiro atoms. The lowest BCUT2D eigenvalue weighted by molar-refractivity contribution is -0.485. The average Bonchev–Trinajstić information content (AvgIpc) is 2.99. The van der Waals surface area contributed by atoms with Crippen LogP contribution >= 0.6 is 0 Å². The summed E-state index contributed by atoms with van der Waals surface area (Å²) in [5.41, 5.74) is -1.45. The number of benzene rings is 1. The van der Waals surface area contributed by atoms with Crippen molar-refractivity contribution in [3.05, 3.63) is 29.3 Å². The van der Waals surface area contributed by atoms with Crippen LogP contribution in [0.3, 0.4) is 0 Å². The second kappa shape index (κ2) is 13.9. The van der Waals surface area contributed by atoms with Gasteiger partial charge in [-0.05, 0) is 26.0 Å². The first-order valence-corrected chi connectivity index (χ1v) is 13.3. The largest absolute Gasteiger partial charge is 0.460 e. The van der Waals surface area contributed by atoms with E-state index in [4.69, 9.17) is 0 Å². The molecule has 0 aliphatic rings. The van der Waals surface area contributed by atoms with E-state index in [1.54, 1.807) is 0 Å². The number of alkyl halides is 27. The zero-order chi connectivity index (χ0) is 45.3. The Labute approximate surface area is 290 Å². The first kappa shape index (κ1) is 50.2. The maximum Gasteiger partial charge on any atom is 0.460 e. The van der Waals surface area contributed by atoms with Crippen LogP contribution in [0, 0.1) is 6.92 Å². The third kappa shape index (κ3) is 6.84. The number of hydrogen-bond donors (Lipinski definition) is 1. The van der Waals surface area contributed by atoms with Crippen molar-refractivity contribution in [2.24, 2.45) is 4.99 Å². The van der Waals surface area contributed by atoms with Crippen LogP contribution in [0.1, 0.15) is 29.3 Å². The minimum atomic E-state index is -9.85. The molecule has 31 heteroatoms. The monoisotopic (exact) mass is 886 g/mol. The van der Waals surface area contributed by atoms with E-state index in [1.165, 1.54) is 12.2 Å². The fourth-order valence-corrected chi connectivity index (χ4v) is 4.03. The molecular formula is C25H13F27N2O2. The lowest BCUT2D eigenvalue weighted by atomic mass is 9.83. The quantitative estimate of drug-likeness (QED) is 0.102. The highest BCUT2D eigenvalue weighted by atomic mass is 19.4. The van der Waals surface area contributed by atoms with Crippen LogP contribution in [0.15, 0.2) is 23.2 Å². The van der Waals surface area contributed by atoms with Gasteiger partial charge in [0.2, 0.25) is 6.08 Å². The van der Waals surface area contributed by atoms with Crippen molar-refractivity contribution >= 4 is 17.7 Å². The van der Waals surface area contributed by atoms with E-state index in [-0.39, 0.29) is 12.5 Å². The van der Waals surface area contributed by atoms with Crippen molar-refractivity contribution in [1.29, 1.82) is 0 Å². The van der Waals surface area contributed by atoms with Crippen LogP contribution in [-0.2, 0) is 4.79 Å². The molecule has 56 heavy (non-hydrogen) atoms. The second-order valence-electron chi connectivity index (χ2n) is 11.3. The standard InChI is InChI=1S/C25H13F27N2O2/c1-8-3-4-11(53-7-55)10(5-8)12(56)54-9(2)6-13(26,27)14(28,29)15(30,31)16(32,33)17(34,35)18(36,37)19(38,39)20(40,41)21(42,43)22(44,45)23(46,47)24(48,49)25(50,51)52/h3-5,9H,6H2,1-2H3,(H,54,56). The number of aliphatic imine (C=N–C) groups is 1. The summed E-state index contributed by atoms with van der Waals surface area (Å²) in [5.74, 6) is -112. The van der Waals surface area contributed by atoms with Crippen molar-refractivity contribution in [3.63, 3.8) is 0 Å². The molecule has 1 N–H and O–H groups in total. The summed E-state index contributed by atoms with van der Waals surface area (Å²) < 4.78 is 370. The molecule has 0 saturated heterocycles. The number of amides is 1. The van der Waals surface area contributed by atoms with Gasteiger partial charge in [0.1, 0.15) is 0 Å². The van der Waals surface area contributed by atoms with Crippen molar-refractivity contribution in [1.82, 2.24) is 5.32 Å². The normalized spacial score (nSPS) is 16.0. The number of nitrogens with zero attached hydrogens (tertiary/aromatic N) is 1. The van der Waals surface area contributed by atoms with Gasteiger partial charge in [-0.3, -0.25) is 4.79 Å². The molecule has 0 saturated carbocycles. The molecule has 1 rings (SSSR count). The zero-order valence-electron chi connectivity index (χ0n) is 26.0.